The van der Waals surface area contributed by atoms with Crippen LogP contribution in [0.2, 0.25) is 0 Å². The number of aromatic nitrogens is 2. The summed E-state index contributed by atoms with van der Waals surface area (Å²) in [5.41, 5.74) is 1.85. The van der Waals surface area contributed by atoms with E-state index in [0.717, 1.165) is 23.3 Å². The van der Waals surface area contributed by atoms with Crippen molar-refractivity contribution < 1.29 is 13.2 Å². The molecule has 2 heterocycles. The molecule has 0 aliphatic carbocycles. The number of hydrogen-bond acceptors (Lipinski definition) is 6. The van der Waals surface area contributed by atoms with Gasteiger partial charge >= 0.3 is 0 Å². The molecule has 160 valence electrons. The summed E-state index contributed by atoms with van der Waals surface area (Å²) < 4.78 is 27.1. The van der Waals surface area contributed by atoms with Gasteiger partial charge in [-0.15, -0.1) is 0 Å². The van der Waals surface area contributed by atoms with Crippen LogP contribution in [0.3, 0.4) is 0 Å². The molecule has 1 amide bonds. The first-order valence-electron chi connectivity index (χ1n) is 9.90. The SMILES string of the molecule is Cc1cc(Sc2ncccn2)ccc1NC(=O)c1cccc(S(=O)(=O)N2CCCC2)c1. The third kappa shape index (κ3) is 4.95. The van der Waals surface area contributed by atoms with E-state index in [1.165, 1.54) is 28.2 Å². The molecule has 1 aromatic heterocycles. The lowest BCUT2D eigenvalue weighted by Gasteiger charge is -2.16. The fourth-order valence-electron chi connectivity index (χ4n) is 3.35. The number of aryl methyl sites for hydroxylation is 1. The van der Waals surface area contributed by atoms with E-state index in [-0.39, 0.29) is 10.8 Å². The maximum Gasteiger partial charge on any atom is 0.255 e. The van der Waals surface area contributed by atoms with Crippen molar-refractivity contribution in [2.45, 2.75) is 34.7 Å². The predicted molar refractivity (Wildman–Crippen MR) is 120 cm³/mol. The van der Waals surface area contributed by atoms with Gasteiger partial charge in [0.25, 0.3) is 5.91 Å². The molecule has 3 aromatic rings. The second kappa shape index (κ2) is 9.17. The Bertz CT molecular complexity index is 1190. The molecule has 0 bridgehead atoms. The third-order valence-corrected chi connectivity index (χ3v) is 7.77. The van der Waals surface area contributed by atoms with E-state index >= 15 is 0 Å². The largest absolute Gasteiger partial charge is 0.322 e. The minimum atomic E-state index is -3.57. The lowest BCUT2D eigenvalue weighted by molar-refractivity contribution is 0.102. The van der Waals surface area contributed by atoms with Gasteiger partial charge in [0, 0.05) is 41.6 Å². The van der Waals surface area contributed by atoms with E-state index in [9.17, 15) is 13.2 Å². The normalized spacial score (nSPS) is 14.5. The number of hydrogen-bond donors (Lipinski definition) is 1. The molecule has 1 fully saturated rings. The molecule has 1 aliphatic heterocycles. The van der Waals surface area contributed by atoms with Crippen molar-refractivity contribution in [3.63, 3.8) is 0 Å². The summed E-state index contributed by atoms with van der Waals surface area (Å²) in [4.78, 5) is 22.3. The summed E-state index contributed by atoms with van der Waals surface area (Å²) in [6, 6.07) is 13.6. The van der Waals surface area contributed by atoms with E-state index in [4.69, 9.17) is 0 Å². The number of anilines is 1. The van der Waals surface area contributed by atoms with Crippen LogP contribution in [0.15, 0.2) is 75.9 Å². The Hall–Kier alpha value is -2.75. The van der Waals surface area contributed by atoms with Crippen molar-refractivity contribution in [1.82, 2.24) is 14.3 Å². The lowest BCUT2D eigenvalue weighted by Crippen LogP contribution is -2.28. The van der Waals surface area contributed by atoms with E-state index < -0.39 is 10.0 Å². The van der Waals surface area contributed by atoms with E-state index in [2.05, 4.69) is 15.3 Å². The van der Waals surface area contributed by atoms with Crippen LogP contribution in [-0.4, -0.2) is 41.7 Å². The first-order chi connectivity index (χ1) is 14.9. The molecule has 1 saturated heterocycles. The fourth-order valence-corrected chi connectivity index (χ4v) is 5.73. The zero-order chi connectivity index (χ0) is 21.8. The van der Waals surface area contributed by atoms with Gasteiger partial charge in [-0.25, -0.2) is 18.4 Å². The predicted octanol–water partition coefficient (Wildman–Crippen LogP) is 3.97. The van der Waals surface area contributed by atoms with Crippen LogP contribution in [0, 0.1) is 6.92 Å². The average Bonchev–Trinajstić information content (AvgIpc) is 3.32. The summed E-state index contributed by atoms with van der Waals surface area (Å²) in [5.74, 6) is -0.353. The molecule has 0 saturated carbocycles. The number of rotatable bonds is 6. The van der Waals surface area contributed by atoms with Crippen LogP contribution in [-0.2, 0) is 10.0 Å². The van der Waals surface area contributed by atoms with Crippen LogP contribution >= 0.6 is 11.8 Å². The highest BCUT2D eigenvalue weighted by atomic mass is 32.2. The van der Waals surface area contributed by atoms with Gasteiger partial charge in [0.15, 0.2) is 5.16 Å². The van der Waals surface area contributed by atoms with Crippen molar-refractivity contribution >= 4 is 33.4 Å². The highest BCUT2D eigenvalue weighted by Gasteiger charge is 2.27. The van der Waals surface area contributed by atoms with Gasteiger partial charge in [-0.2, -0.15) is 4.31 Å². The van der Waals surface area contributed by atoms with Crippen molar-refractivity contribution in [3.05, 3.63) is 72.1 Å². The van der Waals surface area contributed by atoms with E-state index in [1.807, 2.05) is 25.1 Å². The molecule has 7 nitrogen and oxygen atoms in total. The second-order valence-electron chi connectivity index (χ2n) is 7.20. The smallest absolute Gasteiger partial charge is 0.255 e. The topological polar surface area (TPSA) is 92.3 Å². The summed E-state index contributed by atoms with van der Waals surface area (Å²) >= 11 is 1.44. The van der Waals surface area contributed by atoms with Crippen LogP contribution in [0.1, 0.15) is 28.8 Å². The zero-order valence-corrected chi connectivity index (χ0v) is 18.6. The van der Waals surface area contributed by atoms with Crippen molar-refractivity contribution in [1.29, 1.82) is 0 Å². The number of nitrogens with zero attached hydrogens (tertiary/aromatic N) is 3. The number of carbonyl (C=O) groups excluding carboxylic acids is 1. The zero-order valence-electron chi connectivity index (χ0n) is 17.0. The Kier molecular flexibility index (Phi) is 6.35. The van der Waals surface area contributed by atoms with E-state index in [0.29, 0.717) is 29.5 Å². The molecule has 9 heteroatoms. The van der Waals surface area contributed by atoms with Crippen LogP contribution in [0.4, 0.5) is 5.69 Å². The molecule has 31 heavy (non-hydrogen) atoms. The maximum absolute atomic E-state index is 12.8. The first-order valence-corrected chi connectivity index (χ1v) is 12.2. The van der Waals surface area contributed by atoms with Crippen LogP contribution in [0.5, 0.6) is 0 Å². The molecule has 1 aliphatic rings. The Labute approximate surface area is 186 Å². The molecule has 0 unspecified atom stereocenters. The van der Waals surface area contributed by atoms with Gasteiger partial charge < -0.3 is 5.32 Å². The summed E-state index contributed by atoms with van der Waals surface area (Å²) in [6.07, 6.45) is 5.11. The molecule has 0 radical (unpaired) electrons. The molecular weight excluding hydrogens is 432 g/mol. The Morgan fingerprint density at radius 2 is 1.77 bits per heavy atom. The summed E-state index contributed by atoms with van der Waals surface area (Å²) in [7, 11) is -3.57. The van der Waals surface area contributed by atoms with Crippen LogP contribution in [0.25, 0.3) is 0 Å². The van der Waals surface area contributed by atoms with Gasteiger partial charge in [0.05, 0.1) is 4.90 Å². The number of benzene rings is 2. The number of carbonyl (C=O) groups is 1. The Balaban J connectivity index is 1.49. The van der Waals surface area contributed by atoms with Gasteiger partial charge in [0.1, 0.15) is 0 Å². The van der Waals surface area contributed by atoms with Gasteiger partial charge in [-0.1, -0.05) is 6.07 Å². The third-order valence-electron chi connectivity index (χ3n) is 5.00. The summed E-state index contributed by atoms with van der Waals surface area (Å²) in [5, 5.41) is 3.53. The minimum absolute atomic E-state index is 0.147. The number of nitrogens with one attached hydrogen (secondary N) is 1. The van der Waals surface area contributed by atoms with Crippen molar-refractivity contribution in [2.24, 2.45) is 0 Å². The molecule has 2 aromatic carbocycles. The van der Waals surface area contributed by atoms with Gasteiger partial charge in [-0.05, 0) is 79.6 Å². The van der Waals surface area contributed by atoms with E-state index in [1.54, 1.807) is 30.6 Å². The maximum atomic E-state index is 12.8. The highest BCUT2D eigenvalue weighted by Crippen LogP contribution is 2.28. The summed E-state index contributed by atoms with van der Waals surface area (Å²) in [6.45, 7) is 2.95. The standard InChI is InChI=1S/C22H22N4O3S2/c1-16-14-18(30-22-23-10-5-11-24-22)8-9-20(16)25-21(27)17-6-4-7-19(15-17)31(28,29)26-12-2-3-13-26/h4-11,14-15H,2-3,12-13H2,1H3,(H,25,27). The second-order valence-corrected chi connectivity index (χ2v) is 10.2. The molecule has 4 rings (SSSR count). The molecule has 0 atom stereocenters. The highest BCUT2D eigenvalue weighted by molar-refractivity contribution is 7.99. The quantitative estimate of drug-likeness (QED) is 0.567. The lowest BCUT2D eigenvalue weighted by atomic mass is 10.1. The van der Waals surface area contributed by atoms with Crippen molar-refractivity contribution in [3.8, 4) is 0 Å². The van der Waals surface area contributed by atoms with Crippen molar-refractivity contribution in [2.75, 3.05) is 18.4 Å². The molecular formula is C22H22N4O3S2. The monoisotopic (exact) mass is 454 g/mol. The number of amides is 1. The number of sulfonamides is 1. The van der Waals surface area contributed by atoms with Gasteiger partial charge in [0.2, 0.25) is 10.0 Å². The van der Waals surface area contributed by atoms with Crippen LogP contribution < -0.4 is 5.32 Å². The fraction of sp³-hybridized carbons (Fsp3) is 0.227. The van der Waals surface area contributed by atoms with Gasteiger partial charge in [-0.3, -0.25) is 4.79 Å². The average molecular weight is 455 g/mol. The molecule has 0 spiro atoms. The Morgan fingerprint density at radius 1 is 1.03 bits per heavy atom. The first kappa shape index (κ1) is 21.5. The molecule has 1 N–H and O–H groups in total. The minimum Gasteiger partial charge on any atom is -0.322 e. The Morgan fingerprint density at radius 3 is 2.48 bits per heavy atom.